The van der Waals surface area contributed by atoms with Crippen LogP contribution >= 0.6 is 0 Å². The third-order valence-electron chi connectivity index (χ3n) is 11.9. The molecule has 1 aliphatic carbocycles. The Labute approximate surface area is 320 Å². The van der Waals surface area contributed by atoms with E-state index in [-0.39, 0.29) is 5.41 Å². The number of aromatic nitrogens is 2. The molecule has 9 aromatic carbocycles. The number of rotatable bonds is 4. The smallest absolute Gasteiger partial charge is 0.161 e. The minimum Gasteiger partial charge on any atom is -0.228 e. The molecule has 0 atom stereocenters. The Morgan fingerprint density at radius 1 is 0.345 bits per heavy atom. The topological polar surface area (TPSA) is 25.8 Å². The summed E-state index contributed by atoms with van der Waals surface area (Å²) >= 11 is 0. The van der Waals surface area contributed by atoms with Gasteiger partial charge in [-0.25, -0.2) is 9.97 Å². The maximum atomic E-state index is 5.41. The van der Waals surface area contributed by atoms with E-state index in [2.05, 4.69) is 196 Å². The van der Waals surface area contributed by atoms with Gasteiger partial charge < -0.3 is 0 Å². The molecule has 10 aromatic rings. The minimum absolute atomic E-state index is 0.116. The largest absolute Gasteiger partial charge is 0.228 e. The van der Waals surface area contributed by atoms with Crippen LogP contribution < -0.4 is 0 Å². The number of fused-ring (bicyclic) bond motifs is 9. The SMILES string of the molecule is CC1(C)c2cc(-c3ccc(-c4nc(-c5ccccc5)cc(-c5cc6ccccc6c6ccccc56)n4)c4ccccc34)ccc2-c2c1ccc1ccccc21. The zero-order valence-electron chi connectivity index (χ0n) is 30.7. The van der Waals surface area contributed by atoms with Crippen LogP contribution in [-0.2, 0) is 5.41 Å². The molecule has 1 heterocycles. The molecule has 2 heteroatoms. The lowest BCUT2D eigenvalue weighted by Crippen LogP contribution is -2.15. The molecular weight excluding hydrogens is 665 g/mol. The van der Waals surface area contributed by atoms with Crippen LogP contribution in [-0.4, -0.2) is 9.97 Å². The predicted molar refractivity (Wildman–Crippen MR) is 231 cm³/mol. The highest BCUT2D eigenvalue weighted by molar-refractivity contribution is 6.14. The molecule has 0 bridgehead atoms. The van der Waals surface area contributed by atoms with Crippen molar-refractivity contribution in [2.24, 2.45) is 0 Å². The summed E-state index contributed by atoms with van der Waals surface area (Å²) in [7, 11) is 0. The summed E-state index contributed by atoms with van der Waals surface area (Å²) in [5.74, 6) is 0.716. The highest BCUT2D eigenvalue weighted by Crippen LogP contribution is 2.52. The van der Waals surface area contributed by atoms with E-state index in [1.807, 2.05) is 0 Å². The maximum absolute atomic E-state index is 5.41. The van der Waals surface area contributed by atoms with E-state index in [0.29, 0.717) is 5.82 Å². The number of benzene rings is 9. The van der Waals surface area contributed by atoms with Crippen molar-refractivity contribution in [1.82, 2.24) is 9.97 Å². The summed E-state index contributed by atoms with van der Waals surface area (Å²) in [6.45, 7) is 4.73. The van der Waals surface area contributed by atoms with Crippen molar-refractivity contribution in [3.63, 3.8) is 0 Å². The molecular formula is C53H36N2. The molecule has 0 N–H and O–H groups in total. The average molecular weight is 701 g/mol. The highest BCUT2D eigenvalue weighted by atomic mass is 14.9. The van der Waals surface area contributed by atoms with Crippen molar-refractivity contribution in [1.29, 1.82) is 0 Å². The Morgan fingerprint density at radius 2 is 0.927 bits per heavy atom. The molecule has 0 saturated heterocycles. The lowest BCUT2D eigenvalue weighted by atomic mass is 9.81. The number of nitrogens with zero attached hydrogens (tertiary/aromatic N) is 2. The third kappa shape index (κ3) is 4.88. The molecule has 0 spiro atoms. The van der Waals surface area contributed by atoms with E-state index in [1.54, 1.807) is 0 Å². The minimum atomic E-state index is -0.116. The zero-order chi connectivity index (χ0) is 36.7. The van der Waals surface area contributed by atoms with Crippen molar-refractivity contribution >= 4 is 43.1 Å². The number of hydrogen-bond acceptors (Lipinski definition) is 2. The van der Waals surface area contributed by atoms with Crippen LogP contribution in [0, 0.1) is 0 Å². The van der Waals surface area contributed by atoms with E-state index in [0.717, 1.165) is 33.5 Å². The molecule has 1 aromatic heterocycles. The van der Waals surface area contributed by atoms with E-state index >= 15 is 0 Å². The average Bonchev–Trinajstić information content (AvgIpc) is 3.48. The van der Waals surface area contributed by atoms with Crippen LogP contribution in [0.25, 0.3) is 99.2 Å². The van der Waals surface area contributed by atoms with Gasteiger partial charge in [-0.3, -0.25) is 0 Å². The standard InChI is InChI=1S/C53H36N2/c1-53(2)47-29-25-33-14-6-9-19-39(33)51(47)45-26-24-36(31-48(45)53)38-27-28-44(42-22-12-10-21-41(38)42)52-54-49(34-15-4-3-5-16-34)32-50(55-52)46-30-35-17-7-8-18-37(35)40-20-11-13-23-43(40)46/h3-32H,1-2H3. The lowest BCUT2D eigenvalue weighted by Gasteiger charge is -2.22. The van der Waals surface area contributed by atoms with Crippen molar-refractivity contribution in [3.8, 4) is 56.2 Å². The Morgan fingerprint density at radius 3 is 1.71 bits per heavy atom. The van der Waals surface area contributed by atoms with E-state index in [1.165, 1.54) is 71.1 Å². The van der Waals surface area contributed by atoms with E-state index in [4.69, 9.17) is 9.97 Å². The van der Waals surface area contributed by atoms with Gasteiger partial charge in [0, 0.05) is 22.1 Å². The molecule has 1 aliphatic rings. The molecule has 11 rings (SSSR count). The summed E-state index contributed by atoms with van der Waals surface area (Å²) in [5, 5.41) is 9.77. The molecule has 2 nitrogen and oxygen atoms in total. The quantitative estimate of drug-likeness (QED) is 0.171. The van der Waals surface area contributed by atoms with Crippen LogP contribution in [0.15, 0.2) is 182 Å². The van der Waals surface area contributed by atoms with Gasteiger partial charge in [-0.15, -0.1) is 0 Å². The molecule has 0 fully saturated rings. The molecule has 0 radical (unpaired) electrons. The van der Waals surface area contributed by atoms with Gasteiger partial charge in [0.15, 0.2) is 5.82 Å². The lowest BCUT2D eigenvalue weighted by molar-refractivity contribution is 0.661. The zero-order valence-corrected chi connectivity index (χ0v) is 30.7. The fraction of sp³-hybridized carbons (Fsp3) is 0.0566. The molecule has 258 valence electrons. The van der Waals surface area contributed by atoms with Crippen LogP contribution in [0.2, 0.25) is 0 Å². The Balaban J connectivity index is 1.10. The van der Waals surface area contributed by atoms with Gasteiger partial charge in [-0.1, -0.05) is 172 Å². The van der Waals surface area contributed by atoms with Gasteiger partial charge in [-0.2, -0.15) is 0 Å². The van der Waals surface area contributed by atoms with Gasteiger partial charge in [0.25, 0.3) is 0 Å². The Bertz CT molecular complexity index is 3170. The first kappa shape index (κ1) is 31.6. The van der Waals surface area contributed by atoms with Crippen LogP contribution in [0.3, 0.4) is 0 Å². The predicted octanol–water partition coefficient (Wildman–Crippen LogP) is 14.1. The molecule has 0 aliphatic heterocycles. The molecule has 0 saturated carbocycles. The van der Waals surface area contributed by atoms with Gasteiger partial charge >= 0.3 is 0 Å². The van der Waals surface area contributed by atoms with Crippen LogP contribution in [0.1, 0.15) is 25.0 Å². The second-order valence-electron chi connectivity index (χ2n) is 15.3. The summed E-state index contributed by atoms with van der Waals surface area (Å²) in [5.41, 5.74) is 12.8. The first-order valence-corrected chi connectivity index (χ1v) is 19.1. The van der Waals surface area contributed by atoms with E-state index < -0.39 is 0 Å². The van der Waals surface area contributed by atoms with Crippen molar-refractivity contribution < 1.29 is 0 Å². The van der Waals surface area contributed by atoms with Crippen LogP contribution in [0.4, 0.5) is 0 Å². The van der Waals surface area contributed by atoms with Crippen LogP contribution in [0.5, 0.6) is 0 Å². The molecule has 55 heavy (non-hydrogen) atoms. The summed E-state index contributed by atoms with van der Waals surface area (Å²) < 4.78 is 0. The normalized spacial score (nSPS) is 13.1. The Hall–Kier alpha value is -6.90. The fourth-order valence-electron chi connectivity index (χ4n) is 9.15. The molecule has 0 amide bonds. The second kappa shape index (κ2) is 12.1. The van der Waals surface area contributed by atoms with Gasteiger partial charge in [0.05, 0.1) is 11.4 Å². The Kier molecular flexibility index (Phi) is 6.93. The highest BCUT2D eigenvalue weighted by Gasteiger charge is 2.36. The summed E-state index contributed by atoms with van der Waals surface area (Å²) in [6, 6.07) is 65.9. The number of hydrogen-bond donors (Lipinski definition) is 0. The van der Waals surface area contributed by atoms with Gasteiger partial charge in [0.2, 0.25) is 0 Å². The third-order valence-corrected chi connectivity index (χ3v) is 11.9. The summed E-state index contributed by atoms with van der Waals surface area (Å²) in [4.78, 5) is 10.7. The summed E-state index contributed by atoms with van der Waals surface area (Å²) in [6.07, 6.45) is 0. The van der Waals surface area contributed by atoms with Crippen molar-refractivity contribution in [2.45, 2.75) is 19.3 Å². The molecule has 0 unspecified atom stereocenters. The van der Waals surface area contributed by atoms with Crippen molar-refractivity contribution in [3.05, 3.63) is 193 Å². The van der Waals surface area contributed by atoms with Gasteiger partial charge in [0.1, 0.15) is 0 Å². The van der Waals surface area contributed by atoms with Crippen molar-refractivity contribution in [2.75, 3.05) is 0 Å². The first-order chi connectivity index (χ1) is 27.0. The fourth-order valence-corrected chi connectivity index (χ4v) is 9.15. The first-order valence-electron chi connectivity index (χ1n) is 19.1. The van der Waals surface area contributed by atoms with E-state index in [9.17, 15) is 0 Å². The van der Waals surface area contributed by atoms with Gasteiger partial charge in [-0.05, 0) is 101 Å². The monoisotopic (exact) mass is 700 g/mol. The maximum Gasteiger partial charge on any atom is 0.161 e. The second-order valence-corrected chi connectivity index (χ2v) is 15.3.